The highest BCUT2D eigenvalue weighted by molar-refractivity contribution is 7.99. The van der Waals surface area contributed by atoms with Crippen molar-refractivity contribution in [3.8, 4) is 0 Å². The zero-order valence-corrected chi connectivity index (χ0v) is 17.7. The van der Waals surface area contributed by atoms with E-state index >= 15 is 0 Å². The minimum atomic E-state index is -0.151. The summed E-state index contributed by atoms with van der Waals surface area (Å²) in [6.07, 6.45) is 1.09. The molecule has 6 nitrogen and oxygen atoms in total. The van der Waals surface area contributed by atoms with Crippen molar-refractivity contribution in [3.05, 3.63) is 48.5 Å². The summed E-state index contributed by atoms with van der Waals surface area (Å²) in [6, 6.07) is 16.5. The Morgan fingerprint density at radius 2 is 1.69 bits per heavy atom. The molecule has 0 radical (unpaired) electrons. The van der Waals surface area contributed by atoms with Crippen LogP contribution < -0.4 is 10.2 Å². The number of carbonyl (C=O) groups is 2. The van der Waals surface area contributed by atoms with Gasteiger partial charge in [-0.3, -0.25) is 9.59 Å². The molecule has 0 saturated heterocycles. The van der Waals surface area contributed by atoms with Gasteiger partial charge in [-0.25, -0.2) is 0 Å². The van der Waals surface area contributed by atoms with Crippen LogP contribution in [0, 0.1) is 0 Å². The molecule has 0 saturated carbocycles. The van der Waals surface area contributed by atoms with Crippen molar-refractivity contribution in [1.29, 1.82) is 0 Å². The number of anilines is 2. The number of ether oxygens (including phenoxy) is 1. The fraction of sp³-hybridized carbons (Fsp3) is 0.364. The second-order valence-electron chi connectivity index (χ2n) is 6.89. The van der Waals surface area contributed by atoms with Gasteiger partial charge in [-0.05, 0) is 30.7 Å². The van der Waals surface area contributed by atoms with Gasteiger partial charge in [0, 0.05) is 50.1 Å². The zero-order chi connectivity index (χ0) is 20.6. The number of nitrogens with one attached hydrogen (secondary N) is 1. The Morgan fingerprint density at radius 1 is 1.07 bits per heavy atom. The first-order valence-corrected chi connectivity index (χ1v) is 10.5. The van der Waals surface area contributed by atoms with Gasteiger partial charge in [0.2, 0.25) is 11.8 Å². The number of methoxy groups -OCH3 is 1. The van der Waals surface area contributed by atoms with Crippen LogP contribution in [0.5, 0.6) is 0 Å². The molecular formula is C22H27N3O3S. The van der Waals surface area contributed by atoms with E-state index in [9.17, 15) is 9.59 Å². The van der Waals surface area contributed by atoms with Crippen LogP contribution in [0.2, 0.25) is 0 Å². The summed E-state index contributed by atoms with van der Waals surface area (Å²) in [6.45, 7) is 1.78. The number of hydrogen-bond donors (Lipinski definition) is 1. The maximum absolute atomic E-state index is 12.6. The summed E-state index contributed by atoms with van der Waals surface area (Å²) in [5.41, 5.74) is 2.23. The second kappa shape index (κ2) is 10.3. The van der Waals surface area contributed by atoms with Crippen molar-refractivity contribution in [2.75, 3.05) is 45.3 Å². The van der Waals surface area contributed by atoms with Crippen LogP contribution in [-0.4, -0.2) is 57.1 Å². The van der Waals surface area contributed by atoms with Gasteiger partial charge in [0.1, 0.15) is 0 Å². The smallest absolute Gasteiger partial charge is 0.239 e. The van der Waals surface area contributed by atoms with Crippen LogP contribution in [0.15, 0.2) is 58.3 Å². The molecule has 2 aromatic rings. The first kappa shape index (κ1) is 21.2. The number of rotatable bonds is 9. The lowest BCUT2D eigenvalue weighted by Crippen LogP contribution is -2.39. The lowest BCUT2D eigenvalue weighted by molar-refractivity contribution is -0.134. The molecule has 0 atom stereocenters. The van der Waals surface area contributed by atoms with Gasteiger partial charge in [0.15, 0.2) is 0 Å². The van der Waals surface area contributed by atoms with Crippen molar-refractivity contribution in [3.63, 3.8) is 0 Å². The van der Waals surface area contributed by atoms with E-state index in [1.54, 1.807) is 25.9 Å². The molecule has 1 aliphatic heterocycles. The molecule has 0 spiro atoms. The third-order valence-electron chi connectivity index (χ3n) is 4.74. The van der Waals surface area contributed by atoms with E-state index in [-0.39, 0.29) is 18.4 Å². The number of amides is 2. The minimum Gasteiger partial charge on any atom is -0.385 e. The molecule has 0 unspecified atom stereocenters. The quantitative estimate of drug-likeness (QED) is 0.639. The number of fused-ring (bicyclic) bond motifs is 2. The summed E-state index contributed by atoms with van der Waals surface area (Å²) < 4.78 is 4.96. The van der Waals surface area contributed by atoms with Crippen LogP contribution in [-0.2, 0) is 14.3 Å². The van der Waals surface area contributed by atoms with Crippen LogP contribution in [0.4, 0.5) is 11.4 Å². The molecule has 1 heterocycles. The van der Waals surface area contributed by atoms with Crippen molar-refractivity contribution in [1.82, 2.24) is 10.2 Å². The third-order valence-corrected chi connectivity index (χ3v) is 5.87. The summed E-state index contributed by atoms with van der Waals surface area (Å²) >= 11 is 1.75. The first-order chi connectivity index (χ1) is 14.1. The number of hydrogen-bond acceptors (Lipinski definition) is 5. The van der Waals surface area contributed by atoms with E-state index in [2.05, 4.69) is 34.5 Å². The monoisotopic (exact) mass is 413 g/mol. The molecule has 1 aliphatic rings. The van der Waals surface area contributed by atoms with Crippen LogP contribution in [0.25, 0.3) is 0 Å². The van der Waals surface area contributed by atoms with E-state index in [0.29, 0.717) is 26.1 Å². The lowest BCUT2D eigenvalue weighted by atomic mass is 10.2. The molecule has 2 aromatic carbocycles. The molecule has 2 amide bonds. The topological polar surface area (TPSA) is 61.9 Å². The summed E-state index contributed by atoms with van der Waals surface area (Å²) in [5.74, 6) is -0.202. The minimum absolute atomic E-state index is 0.0507. The van der Waals surface area contributed by atoms with E-state index < -0.39 is 0 Å². The first-order valence-electron chi connectivity index (χ1n) is 9.73. The molecule has 0 fully saturated rings. The average molecular weight is 414 g/mol. The predicted octanol–water partition coefficient (Wildman–Crippen LogP) is 3.29. The van der Waals surface area contributed by atoms with E-state index in [1.807, 2.05) is 24.3 Å². The van der Waals surface area contributed by atoms with E-state index in [0.717, 1.165) is 17.8 Å². The Balaban J connectivity index is 1.58. The predicted molar refractivity (Wildman–Crippen MR) is 116 cm³/mol. The number of nitrogens with zero attached hydrogens (tertiary/aromatic N) is 2. The van der Waals surface area contributed by atoms with Crippen molar-refractivity contribution in [2.24, 2.45) is 0 Å². The maximum Gasteiger partial charge on any atom is 0.239 e. The fourth-order valence-corrected chi connectivity index (χ4v) is 4.32. The second-order valence-corrected chi connectivity index (χ2v) is 7.97. The molecular weight excluding hydrogens is 386 g/mol. The largest absolute Gasteiger partial charge is 0.385 e. The summed E-state index contributed by atoms with van der Waals surface area (Å²) in [4.78, 5) is 30.7. The van der Waals surface area contributed by atoms with Crippen molar-refractivity contribution >= 4 is 35.0 Å². The molecule has 0 bridgehead atoms. The Bertz CT molecular complexity index is 813. The van der Waals surface area contributed by atoms with Gasteiger partial charge in [-0.2, -0.15) is 0 Å². The Kier molecular flexibility index (Phi) is 7.55. The van der Waals surface area contributed by atoms with Crippen molar-refractivity contribution < 1.29 is 14.3 Å². The molecule has 0 aromatic heterocycles. The van der Waals surface area contributed by atoms with Crippen LogP contribution >= 0.6 is 11.8 Å². The number of benzene rings is 2. The van der Waals surface area contributed by atoms with E-state index in [4.69, 9.17) is 4.74 Å². The van der Waals surface area contributed by atoms with Gasteiger partial charge < -0.3 is 19.9 Å². The number of carbonyl (C=O) groups excluding carboxylic acids is 2. The normalized spacial score (nSPS) is 12.1. The molecule has 1 N–H and O–H groups in total. The van der Waals surface area contributed by atoms with Gasteiger partial charge in [0.05, 0.1) is 17.9 Å². The van der Waals surface area contributed by atoms with Gasteiger partial charge in [-0.15, -0.1) is 0 Å². The highest BCUT2D eigenvalue weighted by Gasteiger charge is 2.24. The Morgan fingerprint density at radius 3 is 2.31 bits per heavy atom. The number of likely N-dealkylation sites (N-methyl/N-ethyl adjacent to an activating group) is 1. The van der Waals surface area contributed by atoms with Crippen LogP contribution in [0.1, 0.15) is 12.8 Å². The van der Waals surface area contributed by atoms with E-state index in [1.165, 1.54) is 14.7 Å². The third kappa shape index (κ3) is 5.52. The molecule has 154 valence electrons. The zero-order valence-electron chi connectivity index (χ0n) is 16.9. The Hall–Kier alpha value is -2.51. The molecule has 0 aliphatic carbocycles. The number of para-hydroxylation sites is 2. The Labute approximate surface area is 176 Å². The average Bonchev–Trinajstić information content (AvgIpc) is 2.74. The standard InChI is InChI=1S/C22H27N3O3S/c1-24(16-21(26)23-13-7-15-28-2)22(27)12-14-25-17-8-3-5-10-19(17)29-20-11-6-4-9-18(20)25/h3-6,8-11H,7,12-16H2,1-2H3,(H,23,26). The van der Waals surface area contributed by atoms with Gasteiger partial charge >= 0.3 is 0 Å². The highest BCUT2D eigenvalue weighted by atomic mass is 32.2. The highest BCUT2D eigenvalue weighted by Crippen LogP contribution is 2.47. The molecule has 3 rings (SSSR count). The SMILES string of the molecule is COCCCNC(=O)CN(C)C(=O)CCN1c2ccccc2Sc2ccccc21. The summed E-state index contributed by atoms with van der Waals surface area (Å²) in [5, 5.41) is 2.81. The maximum atomic E-state index is 12.6. The molecule has 7 heteroatoms. The lowest BCUT2D eigenvalue weighted by Gasteiger charge is -2.33. The van der Waals surface area contributed by atoms with Gasteiger partial charge in [-0.1, -0.05) is 36.0 Å². The molecule has 29 heavy (non-hydrogen) atoms. The fourth-order valence-electron chi connectivity index (χ4n) is 3.22. The summed E-state index contributed by atoms with van der Waals surface area (Å²) in [7, 11) is 3.30. The van der Waals surface area contributed by atoms with Crippen LogP contribution in [0.3, 0.4) is 0 Å². The van der Waals surface area contributed by atoms with Gasteiger partial charge in [0.25, 0.3) is 0 Å². The van der Waals surface area contributed by atoms with Crippen molar-refractivity contribution in [2.45, 2.75) is 22.6 Å².